The van der Waals surface area contributed by atoms with Crippen molar-refractivity contribution in [2.75, 3.05) is 26.3 Å². The van der Waals surface area contributed by atoms with Crippen molar-refractivity contribution in [1.82, 2.24) is 25.2 Å². The van der Waals surface area contributed by atoms with Gasteiger partial charge in [-0.15, -0.1) is 10.2 Å². The van der Waals surface area contributed by atoms with Gasteiger partial charge in [0, 0.05) is 55.2 Å². The number of ether oxygens (including phenoxy) is 1. The second kappa shape index (κ2) is 7.88. The first-order chi connectivity index (χ1) is 15.1. The molecule has 9 heteroatoms. The van der Waals surface area contributed by atoms with Crippen molar-refractivity contribution in [3.05, 3.63) is 47.4 Å². The van der Waals surface area contributed by atoms with Gasteiger partial charge in [0.25, 0.3) is 0 Å². The summed E-state index contributed by atoms with van der Waals surface area (Å²) in [7, 11) is 0. The Balaban J connectivity index is 1.41. The van der Waals surface area contributed by atoms with Gasteiger partial charge in [0.05, 0.1) is 18.0 Å². The van der Waals surface area contributed by atoms with Gasteiger partial charge in [0.1, 0.15) is 5.76 Å². The minimum absolute atomic E-state index is 0.0203. The van der Waals surface area contributed by atoms with Crippen LogP contribution >= 0.6 is 0 Å². The van der Waals surface area contributed by atoms with E-state index in [9.17, 15) is 4.79 Å². The number of aryl methyl sites for hydroxylation is 2. The first-order valence-corrected chi connectivity index (χ1v) is 10.6. The van der Waals surface area contributed by atoms with Crippen LogP contribution in [0.25, 0.3) is 11.5 Å². The van der Waals surface area contributed by atoms with E-state index in [0.29, 0.717) is 43.8 Å². The molecule has 3 aromatic heterocycles. The van der Waals surface area contributed by atoms with Gasteiger partial charge in [0.15, 0.2) is 0 Å². The smallest absolute Gasteiger partial charge is 0.247 e. The third-order valence-corrected chi connectivity index (χ3v) is 6.66. The van der Waals surface area contributed by atoms with Crippen molar-refractivity contribution in [3.8, 4) is 11.5 Å². The molecule has 2 saturated heterocycles. The van der Waals surface area contributed by atoms with Crippen LogP contribution in [0.2, 0.25) is 0 Å². The lowest BCUT2D eigenvalue weighted by Crippen LogP contribution is -2.37. The molecule has 1 unspecified atom stereocenters. The van der Waals surface area contributed by atoms with Crippen LogP contribution in [0, 0.1) is 19.3 Å². The lowest BCUT2D eigenvalue weighted by atomic mass is 9.72. The zero-order valence-corrected chi connectivity index (χ0v) is 17.7. The van der Waals surface area contributed by atoms with Crippen molar-refractivity contribution in [1.29, 1.82) is 0 Å². The summed E-state index contributed by atoms with van der Waals surface area (Å²) in [6.45, 7) is 6.28. The Morgan fingerprint density at radius 2 is 1.97 bits per heavy atom. The van der Waals surface area contributed by atoms with Crippen molar-refractivity contribution in [3.63, 3.8) is 0 Å². The van der Waals surface area contributed by atoms with E-state index in [1.165, 1.54) is 0 Å². The average Bonchev–Trinajstić information content (AvgIpc) is 3.49. The van der Waals surface area contributed by atoms with Crippen molar-refractivity contribution < 1.29 is 18.5 Å². The predicted octanol–water partition coefficient (Wildman–Crippen LogP) is 2.70. The Morgan fingerprint density at radius 3 is 2.68 bits per heavy atom. The fraction of sp³-hybridized carbons (Fsp3) is 0.500. The number of carbonyl (C=O) groups excluding carboxylic acids is 1. The van der Waals surface area contributed by atoms with Gasteiger partial charge >= 0.3 is 0 Å². The highest BCUT2D eigenvalue weighted by molar-refractivity contribution is 5.79. The molecule has 1 atom stereocenters. The van der Waals surface area contributed by atoms with Gasteiger partial charge in [-0.1, -0.05) is 5.16 Å². The topological polar surface area (TPSA) is 107 Å². The molecule has 9 nitrogen and oxygen atoms in total. The zero-order chi connectivity index (χ0) is 21.4. The summed E-state index contributed by atoms with van der Waals surface area (Å²) in [5.74, 6) is 1.80. The molecule has 1 amide bonds. The lowest BCUT2D eigenvalue weighted by molar-refractivity contribution is -0.130. The monoisotopic (exact) mass is 423 g/mol. The molecule has 5 rings (SSSR count). The van der Waals surface area contributed by atoms with E-state index in [0.717, 1.165) is 29.7 Å². The summed E-state index contributed by atoms with van der Waals surface area (Å²) < 4.78 is 17.0. The summed E-state index contributed by atoms with van der Waals surface area (Å²) in [6.07, 6.45) is 5.40. The van der Waals surface area contributed by atoms with E-state index in [4.69, 9.17) is 13.7 Å². The predicted molar refractivity (Wildman–Crippen MR) is 109 cm³/mol. The van der Waals surface area contributed by atoms with Crippen LogP contribution in [0.3, 0.4) is 0 Å². The molecule has 0 saturated carbocycles. The highest BCUT2D eigenvalue weighted by Crippen LogP contribution is 2.49. The Morgan fingerprint density at radius 1 is 1.19 bits per heavy atom. The summed E-state index contributed by atoms with van der Waals surface area (Å²) in [4.78, 5) is 19.2. The molecular weight excluding hydrogens is 398 g/mol. The van der Waals surface area contributed by atoms with E-state index in [1.807, 2.05) is 30.9 Å². The molecule has 162 valence electrons. The molecule has 31 heavy (non-hydrogen) atoms. The summed E-state index contributed by atoms with van der Waals surface area (Å²) in [5.41, 5.74) is 2.35. The number of likely N-dealkylation sites (tertiary alicyclic amines) is 1. The van der Waals surface area contributed by atoms with Crippen molar-refractivity contribution >= 4 is 5.91 Å². The molecule has 0 aliphatic carbocycles. The minimum atomic E-state index is -0.116. The first-order valence-electron chi connectivity index (χ1n) is 10.6. The van der Waals surface area contributed by atoms with E-state index >= 15 is 0 Å². The fourth-order valence-corrected chi connectivity index (χ4v) is 4.79. The van der Waals surface area contributed by atoms with Gasteiger partial charge in [-0.3, -0.25) is 9.78 Å². The van der Waals surface area contributed by atoms with E-state index < -0.39 is 0 Å². The molecular formula is C22H25N5O4. The maximum atomic E-state index is 13.2. The van der Waals surface area contributed by atoms with Gasteiger partial charge in [-0.25, -0.2) is 0 Å². The maximum Gasteiger partial charge on any atom is 0.247 e. The number of carbonyl (C=O) groups is 1. The van der Waals surface area contributed by atoms with Crippen LogP contribution in [-0.4, -0.2) is 57.4 Å². The van der Waals surface area contributed by atoms with Gasteiger partial charge < -0.3 is 18.6 Å². The van der Waals surface area contributed by atoms with Crippen LogP contribution in [-0.2, 0) is 16.0 Å². The fourth-order valence-electron chi connectivity index (χ4n) is 4.79. The standard InChI is InChI=1S/C22H25N5O4/c1-14-17(15(2)31-26-14)11-19(28)27-12-18(22(13-27)5-9-29-10-6-22)21-25-24-20(30-21)16-3-7-23-8-4-16/h3-4,7-8,18H,5-6,9-13H2,1-2H3. The normalized spacial score (nSPS) is 20.5. The Kier molecular flexibility index (Phi) is 5.05. The van der Waals surface area contributed by atoms with Crippen LogP contribution in [0.5, 0.6) is 0 Å². The third-order valence-electron chi connectivity index (χ3n) is 6.66. The molecule has 2 aliphatic heterocycles. The molecule has 1 spiro atoms. The van der Waals surface area contributed by atoms with E-state index in [-0.39, 0.29) is 23.7 Å². The average molecular weight is 423 g/mol. The lowest BCUT2D eigenvalue weighted by Gasteiger charge is -2.36. The molecule has 3 aromatic rings. The number of nitrogens with zero attached hydrogens (tertiary/aromatic N) is 5. The quantitative estimate of drug-likeness (QED) is 0.630. The summed E-state index contributed by atoms with van der Waals surface area (Å²) in [6, 6.07) is 3.69. The molecule has 0 bridgehead atoms. The first kappa shape index (κ1) is 19.9. The van der Waals surface area contributed by atoms with Crippen molar-refractivity contribution in [2.24, 2.45) is 5.41 Å². The maximum absolute atomic E-state index is 13.2. The SMILES string of the molecule is Cc1noc(C)c1CC(=O)N1CC(c2nnc(-c3ccncc3)o2)C2(CCOCC2)C1. The highest BCUT2D eigenvalue weighted by Gasteiger charge is 2.51. The van der Waals surface area contributed by atoms with E-state index in [2.05, 4.69) is 20.3 Å². The molecule has 0 N–H and O–H groups in total. The number of pyridine rings is 1. The Hall–Kier alpha value is -3.07. The molecule has 2 aliphatic rings. The second-order valence-electron chi connectivity index (χ2n) is 8.46. The number of rotatable bonds is 4. The van der Waals surface area contributed by atoms with Crippen LogP contribution in [0.15, 0.2) is 33.5 Å². The van der Waals surface area contributed by atoms with Crippen molar-refractivity contribution in [2.45, 2.75) is 39.0 Å². The Labute approximate surface area is 179 Å². The summed E-state index contributed by atoms with van der Waals surface area (Å²) in [5, 5.41) is 12.6. The van der Waals surface area contributed by atoms with E-state index in [1.54, 1.807) is 12.4 Å². The number of hydrogen-bond acceptors (Lipinski definition) is 8. The zero-order valence-electron chi connectivity index (χ0n) is 17.7. The largest absolute Gasteiger partial charge is 0.420 e. The molecule has 5 heterocycles. The van der Waals surface area contributed by atoms with Gasteiger partial charge in [-0.2, -0.15) is 0 Å². The van der Waals surface area contributed by atoms with Crippen LogP contribution in [0.1, 0.15) is 41.7 Å². The number of hydrogen-bond donors (Lipinski definition) is 0. The second-order valence-corrected chi connectivity index (χ2v) is 8.46. The Bertz CT molecular complexity index is 1050. The summed E-state index contributed by atoms with van der Waals surface area (Å²) >= 11 is 0. The minimum Gasteiger partial charge on any atom is -0.420 e. The van der Waals surface area contributed by atoms with Gasteiger partial charge in [-0.05, 0) is 38.8 Å². The number of amides is 1. The highest BCUT2D eigenvalue weighted by atomic mass is 16.5. The molecule has 2 fully saturated rings. The van der Waals surface area contributed by atoms with Gasteiger partial charge in [0.2, 0.25) is 17.7 Å². The molecule has 0 aromatic carbocycles. The van der Waals surface area contributed by atoms with Crippen LogP contribution < -0.4 is 0 Å². The molecule has 0 radical (unpaired) electrons. The number of aromatic nitrogens is 4. The van der Waals surface area contributed by atoms with Crippen LogP contribution in [0.4, 0.5) is 0 Å². The third kappa shape index (κ3) is 3.63.